The lowest BCUT2D eigenvalue weighted by molar-refractivity contribution is -0.117. The Kier molecular flexibility index (Phi) is 6.05. The number of carbonyl (C=O) groups excluding carboxylic acids is 1. The maximum atomic E-state index is 12.1. The summed E-state index contributed by atoms with van der Waals surface area (Å²) in [6, 6.07) is 5.49. The van der Waals surface area contributed by atoms with E-state index in [4.69, 9.17) is 16.3 Å². The van der Waals surface area contributed by atoms with Gasteiger partial charge in [0.2, 0.25) is 5.91 Å². The van der Waals surface area contributed by atoms with Gasteiger partial charge in [-0.15, -0.1) is 0 Å². The van der Waals surface area contributed by atoms with Crippen LogP contribution in [0.3, 0.4) is 0 Å². The Morgan fingerprint density at radius 2 is 2.05 bits per heavy atom. The summed E-state index contributed by atoms with van der Waals surface area (Å²) in [5.41, 5.74) is 0.793. The number of likely N-dealkylation sites (N-methyl/N-ethyl adjacent to an activating group) is 1. The number of anilines is 1. The fourth-order valence-corrected chi connectivity index (χ4v) is 2.23. The van der Waals surface area contributed by atoms with Crippen LogP contribution in [0.25, 0.3) is 0 Å². The van der Waals surface area contributed by atoms with Crippen molar-refractivity contribution in [3.05, 3.63) is 23.2 Å². The van der Waals surface area contributed by atoms with Crippen LogP contribution >= 0.6 is 11.6 Å². The van der Waals surface area contributed by atoms with Crippen LogP contribution in [0.15, 0.2) is 18.2 Å². The summed E-state index contributed by atoms with van der Waals surface area (Å²) in [7, 11) is 3.51. The van der Waals surface area contributed by atoms with Gasteiger partial charge in [0.1, 0.15) is 5.75 Å². The fourth-order valence-electron chi connectivity index (χ4n) is 1.97. The van der Waals surface area contributed by atoms with Crippen molar-refractivity contribution >= 4 is 23.2 Å². The number of methoxy groups -OCH3 is 1. The molecular formula is C16H25ClN2O2. The molecule has 0 spiro atoms. The lowest BCUT2D eigenvalue weighted by Crippen LogP contribution is -2.43. The van der Waals surface area contributed by atoms with Crippen LogP contribution in [-0.2, 0) is 4.79 Å². The first kappa shape index (κ1) is 17.8. The molecule has 1 atom stereocenters. The molecule has 0 saturated carbocycles. The fraction of sp³-hybridized carbons (Fsp3) is 0.562. The molecule has 1 amide bonds. The number of rotatable bonds is 5. The number of nitrogens with one attached hydrogen (secondary N) is 1. The quantitative estimate of drug-likeness (QED) is 0.902. The molecule has 21 heavy (non-hydrogen) atoms. The molecule has 0 aromatic heterocycles. The number of nitrogens with zero attached hydrogens (tertiary/aromatic N) is 1. The van der Waals surface area contributed by atoms with Crippen LogP contribution in [0, 0.1) is 5.41 Å². The van der Waals surface area contributed by atoms with E-state index >= 15 is 0 Å². The van der Waals surface area contributed by atoms with Crippen LogP contribution < -0.4 is 10.1 Å². The molecule has 0 radical (unpaired) electrons. The van der Waals surface area contributed by atoms with Crippen LogP contribution in [0.1, 0.15) is 27.7 Å². The average Bonchev–Trinajstić information content (AvgIpc) is 2.36. The summed E-state index contributed by atoms with van der Waals surface area (Å²) in [4.78, 5) is 14.1. The first-order valence-electron chi connectivity index (χ1n) is 6.98. The molecule has 0 aliphatic heterocycles. The van der Waals surface area contributed by atoms with E-state index in [2.05, 4.69) is 33.0 Å². The van der Waals surface area contributed by atoms with Crippen LogP contribution in [0.2, 0.25) is 5.02 Å². The third kappa shape index (κ3) is 5.21. The monoisotopic (exact) mass is 312 g/mol. The molecule has 118 valence electrons. The second-order valence-electron chi connectivity index (χ2n) is 6.35. The van der Waals surface area contributed by atoms with Gasteiger partial charge in [-0.3, -0.25) is 9.69 Å². The SMILES string of the molecule is COc1ccc(NC(=O)CN(C)C(C)C(C)(C)C)cc1Cl. The topological polar surface area (TPSA) is 41.6 Å². The van der Waals surface area contributed by atoms with Gasteiger partial charge in [0.05, 0.1) is 18.7 Å². The van der Waals surface area contributed by atoms with Crippen molar-refractivity contribution in [2.24, 2.45) is 5.41 Å². The Morgan fingerprint density at radius 1 is 1.43 bits per heavy atom. The van der Waals surface area contributed by atoms with Crippen molar-refractivity contribution in [2.75, 3.05) is 26.0 Å². The molecule has 1 aromatic rings. The molecule has 1 aromatic carbocycles. The van der Waals surface area contributed by atoms with Gasteiger partial charge < -0.3 is 10.1 Å². The lowest BCUT2D eigenvalue weighted by atomic mass is 9.87. The molecule has 0 fully saturated rings. The normalized spacial score (nSPS) is 13.1. The van der Waals surface area contributed by atoms with Crippen molar-refractivity contribution < 1.29 is 9.53 Å². The van der Waals surface area contributed by atoms with Crippen molar-refractivity contribution in [2.45, 2.75) is 33.7 Å². The molecule has 0 heterocycles. The second kappa shape index (κ2) is 7.14. The van der Waals surface area contributed by atoms with Gasteiger partial charge in [0.25, 0.3) is 0 Å². The molecule has 0 bridgehead atoms. The minimum atomic E-state index is -0.0603. The van der Waals surface area contributed by atoms with E-state index in [1.54, 1.807) is 25.3 Å². The lowest BCUT2D eigenvalue weighted by Gasteiger charge is -2.34. The van der Waals surface area contributed by atoms with E-state index in [0.717, 1.165) is 0 Å². The van der Waals surface area contributed by atoms with Gasteiger partial charge in [-0.25, -0.2) is 0 Å². The van der Waals surface area contributed by atoms with E-state index in [1.165, 1.54) is 0 Å². The van der Waals surface area contributed by atoms with Gasteiger partial charge in [-0.05, 0) is 37.6 Å². The van der Waals surface area contributed by atoms with Crippen LogP contribution in [0.5, 0.6) is 5.75 Å². The Bertz CT molecular complexity index is 498. The molecule has 4 nitrogen and oxygen atoms in total. The van der Waals surface area contributed by atoms with Crippen molar-refractivity contribution in [3.8, 4) is 5.75 Å². The van der Waals surface area contributed by atoms with Crippen LogP contribution in [0.4, 0.5) is 5.69 Å². The van der Waals surface area contributed by atoms with Crippen molar-refractivity contribution in [3.63, 3.8) is 0 Å². The number of amides is 1. The Hall–Kier alpha value is -1.26. The number of hydrogen-bond acceptors (Lipinski definition) is 3. The molecule has 0 saturated heterocycles. The minimum Gasteiger partial charge on any atom is -0.495 e. The largest absolute Gasteiger partial charge is 0.495 e. The van der Waals surface area contributed by atoms with Crippen molar-refractivity contribution in [1.82, 2.24) is 4.90 Å². The Labute approximate surface area is 132 Å². The summed E-state index contributed by atoms with van der Waals surface area (Å²) >= 11 is 6.04. The van der Waals surface area contributed by atoms with E-state index in [9.17, 15) is 4.79 Å². The highest BCUT2D eigenvalue weighted by atomic mass is 35.5. The first-order valence-corrected chi connectivity index (χ1v) is 7.36. The standard InChI is InChI=1S/C16H25ClN2O2/c1-11(16(2,3)4)19(5)10-15(20)18-12-7-8-14(21-6)13(17)9-12/h7-9,11H,10H2,1-6H3,(H,18,20). The van der Waals surface area contributed by atoms with Gasteiger partial charge >= 0.3 is 0 Å². The third-order valence-corrected chi connectivity index (χ3v) is 4.04. The average molecular weight is 313 g/mol. The van der Waals surface area contributed by atoms with Crippen molar-refractivity contribution in [1.29, 1.82) is 0 Å². The minimum absolute atomic E-state index is 0.0603. The maximum absolute atomic E-state index is 12.1. The third-order valence-electron chi connectivity index (χ3n) is 3.74. The summed E-state index contributed by atoms with van der Waals surface area (Å²) in [5, 5.41) is 3.33. The Balaban J connectivity index is 2.64. The molecule has 1 rings (SSSR count). The molecule has 1 unspecified atom stereocenters. The molecular weight excluding hydrogens is 288 g/mol. The predicted octanol–water partition coefficient (Wildman–Crippen LogP) is 3.65. The summed E-state index contributed by atoms with van der Waals surface area (Å²) in [6.07, 6.45) is 0. The Morgan fingerprint density at radius 3 is 2.52 bits per heavy atom. The zero-order valence-corrected chi connectivity index (χ0v) is 14.4. The highest BCUT2D eigenvalue weighted by Crippen LogP contribution is 2.27. The van der Waals surface area contributed by atoms with Gasteiger partial charge in [-0.2, -0.15) is 0 Å². The van der Waals surface area contributed by atoms with Crippen LogP contribution in [-0.4, -0.2) is 37.6 Å². The number of hydrogen-bond donors (Lipinski definition) is 1. The molecule has 5 heteroatoms. The first-order chi connectivity index (χ1) is 9.65. The predicted molar refractivity (Wildman–Crippen MR) is 88.2 cm³/mol. The van der Waals surface area contributed by atoms with Gasteiger partial charge in [0.15, 0.2) is 0 Å². The highest BCUT2D eigenvalue weighted by Gasteiger charge is 2.25. The number of benzene rings is 1. The number of ether oxygens (including phenoxy) is 1. The zero-order valence-electron chi connectivity index (χ0n) is 13.7. The highest BCUT2D eigenvalue weighted by molar-refractivity contribution is 6.32. The summed E-state index contributed by atoms with van der Waals surface area (Å²) < 4.78 is 5.09. The molecule has 1 N–H and O–H groups in total. The smallest absolute Gasteiger partial charge is 0.238 e. The summed E-state index contributed by atoms with van der Waals surface area (Å²) in [6.45, 7) is 8.94. The molecule has 0 aliphatic carbocycles. The molecule has 0 aliphatic rings. The summed E-state index contributed by atoms with van der Waals surface area (Å²) in [5.74, 6) is 0.531. The number of halogens is 1. The second-order valence-corrected chi connectivity index (χ2v) is 6.76. The van der Waals surface area contributed by atoms with Gasteiger partial charge in [0, 0.05) is 11.7 Å². The van der Waals surface area contributed by atoms with E-state index in [0.29, 0.717) is 29.0 Å². The van der Waals surface area contributed by atoms with Gasteiger partial charge in [-0.1, -0.05) is 32.4 Å². The van der Waals surface area contributed by atoms with E-state index in [1.807, 2.05) is 11.9 Å². The number of carbonyl (C=O) groups is 1. The van der Waals surface area contributed by atoms with E-state index < -0.39 is 0 Å². The zero-order chi connectivity index (χ0) is 16.2. The maximum Gasteiger partial charge on any atom is 0.238 e. The van der Waals surface area contributed by atoms with E-state index in [-0.39, 0.29) is 11.3 Å².